The van der Waals surface area contributed by atoms with Crippen molar-refractivity contribution in [2.45, 2.75) is 44.7 Å². The molecule has 0 heterocycles. The van der Waals surface area contributed by atoms with Gasteiger partial charge in [-0.05, 0) is 44.9 Å². The quantitative estimate of drug-likeness (QED) is 0.721. The Morgan fingerprint density at radius 1 is 1.00 bits per heavy atom. The SMILES string of the molecule is CN(Cc1ccccc1)C(C)(C)CCC(C#N)c1ccccc1. The highest BCUT2D eigenvalue weighted by molar-refractivity contribution is 5.24. The molecule has 2 aromatic rings. The Balaban J connectivity index is 1.96. The first kappa shape index (κ1) is 17.2. The van der Waals surface area contributed by atoms with Crippen LogP contribution in [0, 0.1) is 11.3 Å². The Bertz CT molecular complexity index is 626. The van der Waals surface area contributed by atoms with Crippen LogP contribution in [0.1, 0.15) is 43.7 Å². The molecular formula is C21H26N2. The normalized spacial score (nSPS) is 12.8. The van der Waals surface area contributed by atoms with Crippen LogP contribution in [0.2, 0.25) is 0 Å². The van der Waals surface area contributed by atoms with Gasteiger partial charge in [-0.3, -0.25) is 4.90 Å². The topological polar surface area (TPSA) is 27.0 Å². The van der Waals surface area contributed by atoms with E-state index in [1.807, 2.05) is 24.3 Å². The van der Waals surface area contributed by atoms with Gasteiger partial charge in [0.05, 0.1) is 12.0 Å². The average Bonchev–Trinajstić information content (AvgIpc) is 2.57. The molecule has 0 saturated carbocycles. The van der Waals surface area contributed by atoms with Gasteiger partial charge in [0.1, 0.15) is 0 Å². The Hall–Kier alpha value is -2.11. The molecule has 2 rings (SSSR count). The minimum absolute atomic E-state index is 0.0272. The summed E-state index contributed by atoms with van der Waals surface area (Å²) in [6.45, 7) is 5.45. The molecule has 23 heavy (non-hydrogen) atoms. The third-order valence-corrected chi connectivity index (χ3v) is 4.70. The van der Waals surface area contributed by atoms with Gasteiger partial charge in [-0.15, -0.1) is 0 Å². The second-order valence-corrected chi connectivity index (χ2v) is 6.79. The van der Waals surface area contributed by atoms with Crippen LogP contribution in [-0.4, -0.2) is 17.5 Å². The molecule has 0 fully saturated rings. The highest BCUT2D eigenvalue weighted by atomic mass is 15.2. The number of nitriles is 1. The van der Waals surface area contributed by atoms with E-state index in [2.05, 4.69) is 68.3 Å². The van der Waals surface area contributed by atoms with Gasteiger partial charge in [0.15, 0.2) is 0 Å². The van der Waals surface area contributed by atoms with E-state index >= 15 is 0 Å². The number of nitrogens with zero attached hydrogens (tertiary/aromatic N) is 2. The maximum atomic E-state index is 9.49. The number of rotatable bonds is 7. The van der Waals surface area contributed by atoms with Crippen LogP contribution in [0.15, 0.2) is 60.7 Å². The molecule has 1 unspecified atom stereocenters. The molecule has 0 saturated heterocycles. The van der Waals surface area contributed by atoms with E-state index in [0.717, 1.165) is 24.9 Å². The van der Waals surface area contributed by atoms with Gasteiger partial charge in [-0.1, -0.05) is 60.7 Å². The summed E-state index contributed by atoms with van der Waals surface area (Å²) in [6.07, 6.45) is 1.87. The van der Waals surface area contributed by atoms with Crippen molar-refractivity contribution >= 4 is 0 Å². The van der Waals surface area contributed by atoms with Gasteiger partial charge in [-0.25, -0.2) is 0 Å². The highest BCUT2D eigenvalue weighted by Crippen LogP contribution is 2.28. The van der Waals surface area contributed by atoms with Gasteiger partial charge in [0.2, 0.25) is 0 Å². The molecule has 0 bridgehead atoms. The molecule has 0 aliphatic heterocycles. The molecule has 0 amide bonds. The minimum atomic E-state index is -0.0272. The fourth-order valence-corrected chi connectivity index (χ4v) is 2.75. The van der Waals surface area contributed by atoms with Crippen molar-refractivity contribution in [1.82, 2.24) is 4.90 Å². The summed E-state index contributed by atoms with van der Waals surface area (Å²) >= 11 is 0. The standard InChI is InChI=1S/C21H26N2/c1-21(2,23(3)17-18-10-6-4-7-11-18)15-14-20(16-22)19-12-8-5-9-13-19/h4-13,20H,14-15,17H2,1-3H3. The molecule has 0 radical (unpaired) electrons. The molecule has 120 valence electrons. The molecule has 2 nitrogen and oxygen atoms in total. The molecule has 2 aromatic carbocycles. The molecule has 0 aliphatic rings. The average molecular weight is 306 g/mol. The van der Waals surface area contributed by atoms with Crippen LogP contribution in [0.3, 0.4) is 0 Å². The van der Waals surface area contributed by atoms with Crippen LogP contribution in [0.25, 0.3) is 0 Å². The van der Waals surface area contributed by atoms with Gasteiger partial charge in [0.25, 0.3) is 0 Å². The maximum Gasteiger partial charge on any atom is 0.0713 e. The summed E-state index contributed by atoms with van der Waals surface area (Å²) in [5, 5.41) is 9.49. The molecule has 1 atom stereocenters. The Labute approximate surface area is 140 Å². The second kappa shape index (κ2) is 7.94. The lowest BCUT2D eigenvalue weighted by Crippen LogP contribution is -2.40. The first-order valence-corrected chi connectivity index (χ1v) is 8.22. The van der Waals surface area contributed by atoms with Crippen LogP contribution in [0.4, 0.5) is 0 Å². The van der Waals surface area contributed by atoms with Gasteiger partial charge in [-0.2, -0.15) is 5.26 Å². The lowest BCUT2D eigenvalue weighted by Gasteiger charge is -2.36. The molecule has 0 N–H and O–H groups in total. The number of benzene rings is 2. The van der Waals surface area contributed by atoms with Gasteiger partial charge >= 0.3 is 0 Å². The smallest absolute Gasteiger partial charge is 0.0713 e. The lowest BCUT2D eigenvalue weighted by atomic mass is 9.88. The summed E-state index contributed by atoms with van der Waals surface area (Å²) in [4.78, 5) is 2.38. The van der Waals surface area contributed by atoms with E-state index in [9.17, 15) is 5.26 Å². The molecular weight excluding hydrogens is 280 g/mol. The van der Waals surface area contributed by atoms with Crippen molar-refractivity contribution < 1.29 is 0 Å². The summed E-state index contributed by atoms with van der Waals surface area (Å²) in [5.41, 5.74) is 2.50. The van der Waals surface area contributed by atoms with Crippen molar-refractivity contribution in [2.75, 3.05) is 7.05 Å². The lowest BCUT2D eigenvalue weighted by molar-refractivity contribution is 0.133. The van der Waals surface area contributed by atoms with Crippen molar-refractivity contribution in [2.24, 2.45) is 0 Å². The Morgan fingerprint density at radius 2 is 1.57 bits per heavy atom. The Morgan fingerprint density at radius 3 is 2.13 bits per heavy atom. The predicted octanol–water partition coefficient (Wildman–Crippen LogP) is 4.98. The molecule has 0 aliphatic carbocycles. The van der Waals surface area contributed by atoms with Gasteiger partial charge in [0, 0.05) is 12.1 Å². The van der Waals surface area contributed by atoms with Crippen molar-refractivity contribution in [3.05, 3.63) is 71.8 Å². The third-order valence-electron chi connectivity index (χ3n) is 4.70. The van der Waals surface area contributed by atoms with Crippen LogP contribution in [0.5, 0.6) is 0 Å². The fraction of sp³-hybridized carbons (Fsp3) is 0.381. The van der Waals surface area contributed by atoms with Gasteiger partial charge < -0.3 is 0 Å². The summed E-state index contributed by atoms with van der Waals surface area (Å²) < 4.78 is 0. The van der Waals surface area contributed by atoms with E-state index in [4.69, 9.17) is 0 Å². The van der Waals surface area contributed by atoms with E-state index in [-0.39, 0.29) is 11.5 Å². The third kappa shape index (κ3) is 4.94. The first-order valence-electron chi connectivity index (χ1n) is 8.22. The highest BCUT2D eigenvalue weighted by Gasteiger charge is 2.25. The largest absolute Gasteiger partial charge is 0.297 e. The van der Waals surface area contributed by atoms with Crippen molar-refractivity contribution in [3.8, 4) is 6.07 Å². The molecule has 0 aromatic heterocycles. The summed E-state index contributed by atoms with van der Waals surface area (Å²) in [7, 11) is 2.16. The first-order chi connectivity index (χ1) is 11.0. The molecule has 0 spiro atoms. The zero-order chi connectivity index (χ0) is 16.7. The number of hydrogen-bond donors (Lipinski definition) is 0. The zero-order valence-electron chi connectivity index (χ0n) is 14.4. The Kier molecular flexibility index (Phi) is 5.96. The summed E-state index contributed by atoms with van der Waals surface area (Å²) in [5.74, 6) is -0.0272. The predicted molar refractivity (Wildman–Crippen MR) is 96.0 cm³/mol. The van der Waals surface area contributed by atoms with Crippen LogP contribution >= 0.6 is 0 Å². The van der Waals surface area contributed by atoms with Crippen molar-refractivity contribution in [3.63, 3.8) is 0 Å². The van der Waals surface area contributed by atoms with Crippen LogP contribution < -0.4 is 0 Å². The zero-order valence-corrected chi connectivity index (χ0v) is 14.4. The second-order valence-electron chi connectivity index (χ2n) is 6.79. The van der Waals surface area contributed by atoms with E-state index in [1.54, 1.807) is 0 Å². The van der Waals surface area contributed by atoms with E-state index in [0.29, 0.717) is 0 Å². The number of hydrogen-bond acceptors (Lipinski definition) is 2. The monoisotopic (exact) mass is 306 g/mol. The molecule has 2 heteroatoms. The van der Waals surface area contributed by atoms with Crippen LogP contribution in [-0.2, 0) is 6.54 Å². The minimum Gasteiger partial charge on any atom is -0.297 e. The van der Waals surface area contributed by atoms with E-state index < -0.39 is 0 Å². The summed E-state index contributed by atoms with van der Waals surface area (Å²) in [6, 6.07) is 23.1. The van der Waals surface area contributed by atoms with E-state index in [1.165, 1.54) is 5.56 Å². The van der Waals surface area contributed by atoms with Crippen molar-refractivity contribution in [1.29, 1.82) is 5.26 Å². The fourth-order valence-electron chi connectivity index (χ4n) is 2.75. The maximum absolute atomic E-state index is 9.49.